The van der Waals surface area contributed by atoms with E-state index < -0.39 is 0 Å². The van der Waals surface area contributed by atoms with E-state index in [1.54, 1.807) is 41.6 Å². The molecule has 0 aliphatic rings. The van der Waals surface area contributed by atoms with E-state index in [0.717, 1.165) is 11.3 Å². The maximum atomic E-state index is 11.9. The third-order valence-electron chi connectivity index (χ3n) is 2.62. The number of carbonyl (C=O) groups is 1. The van der Waals surface area contributed by atoms with Gasteiger partial charge < -0.3 is 4.90 Å². The molecule has 2 rings (SSSR count). The lowest BCUT2D eigenvalue weighted by molar-refractivity contribution is -0.116. The minimum atomic E-state index is -0.159. The molecule has 1 amide bonds. The first-order valence-electron chi connectivity index (χ1n) is 5.71. The van der Waals surface area contributed by atoms with Crippen molar-refractivity contribution in [3.8, 4) is 0 Å². The first-order chi connectivity index (χ1) is 9.20. The van der Waals surface area contributed by atoms with E-state index in [1.807, 2.05) is 12.1 Å². The Morgan fingerprint density at radius 2 is 1.95 bits per heavy atom. The summed E-state index contributed by atoms with van der Waals surface area (Å²) in [7, 11) is 0. The SMILES string of the molecule is O=C(CCl)N(Cc1cccnc1)c1ccc(Cl)cc1. The van der Waals surface area contributed by atoms with Gasteiger partial charge in [0.2, 0.25) is 5.91 Å². The fraction of sp³-hybridized carbons (Fsp3) is 0.143. The van der Waals surface area contributed by atoms with Crippen molar-refractivity contribution < 1.29 is 4.79 Å². The van der Waals surface area contributed by atoms with Crippen LogP contribution in [0.5, 0.6) is 0 Å². The van der Waals surface area contributed by atoms with Crippen LogP contribution in [0.1, 0.15) is 5.56 Å². The summed E-state index contributed by atoms with van der Waals surface area (Å²) in [5.74, 6) is -0.226. The third-order valence-corrected chi connectivity index (χ3v) is 3.10. The number of anilines is 1. The molecule has 0 radical (unpaired) electrons. The molecule has 0 fully saturated rings. The van der Waals surface area contributed by atoms with Gasteiger partial charge in [-0.1, -0.05) is 17.7 Å². The lowest BCUT2D eigenvalue weighted by Crippen LogP contribution is -2.31. The summed E-state index contributed by atoms with van der Waals surface area (Å²) in [5.41, 5.74) is 1.70. The largest absolute Gasteiger partial charge is 0.307 e. The van der Waals surface area contributed by atoms with Gasteiger partial charge in [-0.3, -0.25) is 9.78 Å². The van der Waals surface area contributed by atoms with Crippen molar-refractivity contribution in [2.24, 2.45) is 0 Å². The second-order valence-corrected chi connectivity index (χ2v) is 4.65. The first-order valence-corrected chi connectivity index (χ1v) is 6.63. The van der Waals surface area contributed by atoms with Crippen molar-refractivity contribution in [2.75, 3.05) is 10.8 Å². The summed E-state index contributed by atoms with van der Waals surface area (Å²) in [6.45, 7) is 0.432. The van der Waals surface area contributed by atoms with Crippen molar-refractivity contribution in [3.63, 3.8) is 0 Å². The molecule has 19 heavy (non-hydrogen) atoms. The molecule has 5 heteroatoms. The highest BCUT2D eigenvalue weighted by atomic mass is 35.5. The smallest absolute Gasteiger partial charge is 0.242 e. The number of hydrogen-bond donors (Lipinski definition) is 0. The van der Waals surface area contributed by atoms with Gasteiger partial charge in [0.15, 0.2) is 0 Å². The second-order valence-electron chi connectivity index (χ2n) is 3.95. The number of amides is 1. The molecule has 0 atom stereocenters. The molecule has 2 aromatic rings. The van der Waals surface area contributed by atoms with Crippen LogP contribution in [0.25, 0.3) is 0 Å². The van der Waals surface area contributed by atoms with E-state index in [0.29, 0.717) is 11.6 Å². The highest BCUT2D eigenvalue weighted by Gasteiger charge is 2.15. The Balaban J connectivity index is 2.26. The maximum absolute atomic E-state index is 11.9. The number of rotatable bonds is 4. The maximum Gasteiger partial charge on any atom is 0.242 e. The number of benzene rings is 1. The predicted octanol–water partition coefficient (Wildman–Crippen LogP) is 3.51. The standard InChI is InChI=1S/C14H12Cl2N2O/c15-8-14(19)18(10-11-2-1-7-17-9-11)13-5-3-12(16)4-6-13/h1-7,9H,8,10H2. The minimum absolute atomic E-state index is 0.0666. The van der Waals surface area contributed by atoms with Crippen molar-refractivity contribution in [2.45, 2.75) is 6.54 Å². The molecule has 0 aliphatic carbocycles. The molecule has 1 heterocycles. The summed E-state index contributed by atoms with van der Waals surface area (Å²) in [6, 6.07) is 10.8. The number of pyridine rings is 1. The second kappa shape index (κ2) is 6.55. The lowest BCUT2D eigenvalue weighted by Gasteiger charge is -2.22. The molecule has 0 aliphatic heterocycles. The van der Waals surface area contributed by atoms with Gasteiger partial charge in [-0.05, 0) is 35.9 Å². The van der Waals surface area contributed by atoms with Gasteiger partial charge in [0.1, 0.15) is 5.88 Å². The Morgan fingerprint density at radius 1 is 1.21 bits per heavy atom. The lowest BCUT2D eigenvalue weighted by atomic mass is 10.2. The topological polar surface area (TPSA) is 33.2 Å². The number of hydrogen-bond acceptors (Lipinski definition) is 2. The Morgan fingerprint density at radius 3 is 2.53 bits per heavy atom. The normalized spacial score (nSPS) is 10.2. The number of aromatic nitrogens is 1. The molecule has 0 spiro atoms. The highest BCUT2D eigenvalue weighted by Crippen LogP contribution is 2.20. The first kappa shape index (κ1) is 13.8. The van der Waals surface area contributed by atoms with Crippen LogP contribution >= 0.6 is 23.2 Å². The van der Waals surface area contributed by atoms with E-state index >= 15 is 0 Å². The fourth-order valence-electron chi connectivity index (χ4n) is 1.69. The van der Waals surface area contributed by atoms with Gasteiger partial charge in [0.25, 0.3) is 0 Å². The minimum Gasteiger partial charge on any atom is -0.307 e. The average Bonchev–Trinajstić information content (AvgIpc) is 2.46. The van der Waals surface area contributed by atoms with Crippen molar-refractivity contribution in [1.29, 1.82) is 0 Å². The zero-order valence-electron chi connectivity index (χ0n) is 10.1. The van der Waals surface area contributed by atoms with Crippen LogP contribution in [-0.4, -0.2) is 16.8 Å². The summed E-state index contributed by atoms with van der Waals surface area (Å²) in [4.78, 5) is 17.6. The third kappa shape index (κ3) is 3.69. The molecule has 0 unspecified atom stereocenters. The monoisotopic (exact) mass is 294 g/mol. The van der Waals surface area contributed by atoms with Crippen LogP contribution in [0.15, 0.2) is 48.8 Å². The molecular weight excluding hydrogens is 283 g/mol. The number of carbonyl (C=O) groups excluding carboxylic acids is 1. The zero-order chi connectivity index (χ0) is 13.7. The van der Waals surface area contributed by atoms with E-state index in [4.69, 9.17) is 23.2 Å². The van der Waals surface area contributed by atoms with Crippen LogP contribution in [0.4, 0.5) is 5.69 Å². The summed E-state index contributed by atoms with van der Waals surface area (Å²) >= 11 is 11.5. The average molecular weight is 295 g/mol. The van der Waals surface area contributed by atoms with Gasteiger partial charge in [-0.2, -0.15) is 0 Å². The van der Waals surface area contributed by atoms with Crippen molar-refractivity contribution in [3.05, 3.63) is 59.4 Å². The number of alkyl halides is 1. The molecule has 3 nitrogen and oxygen atoms in total. The summed E-state index contributed by atoms with van der Waals surface area (Å²) < 4.78 is 0. The zero-order valence-corrected chi connectivity index (χ0v) is 11.6. The van der Waals surface area contributed by atoms with E-state index in [-0.39, 0.29) is 11.8 Å². The summed E-state index contributed by atoms with van der Waals surface area (Å²) in [5, 5.41) is 0.628. The molecule has 98 valence electrons. The van der Waals surface area contributed by atoms with Crippen LogP contribution in [0, 0.1) is 0 Å². The van der Waals surface area contributed by atoms with Gasteiger partial charge in [-0.25, -0.2) is 0 Å². The molecule has 0 saturated heterocycles. The van der Waals surface area contributed by atoms with Gasteiger partial charge in [0, 0.05) is 23.1 Å². The molecule has 0 bridgehead atoms. The number of nitrogens with zero attached hydrogens (tertiary/aromatic N) is 2. The Labute approximate surface area is 121 Å². The number of halogens is 2. The van der Waals surface area contributed by atoms with E-state index in [9.17, 15) is 4.79 Å². The van der Waals surface area contributed by atoms with Crippen LogP contribution in [-0.2, 0) is 11.3 Å². The van der Waals surface area contributed by atoms with Gasteiger partial charge >= 0.3 is 0 Å². The van der Waals surface area contributed by atoms with Gasteiger partial charge in [0.05, 0.1) is 6.54 Å². The predicted molar refractivity (Wildman–Crippen MR) is 77.6 cm³/mol. The Bertz CT molecular complexity index is 543. The van der Waals surface area contributed by atoms with Crippen LogP contribution in [0.2, 0.25) is 5.02 Å². The summed E-state index contributed by atoms with van der Waals surface area (Å²) in [6.07, 6.45) is 3.42. The van der Waals surface area contributed by atoms with Crippen LogP contribution in [0.3, 0.4) is 0 Å². The Kier molecular flexibility index (Phi) is 4.77. The van der Waals surface area contributed by atoms with Crippen molar-refractivity contribution >= 4 is 34.8 Å². The highest BCUT2D eigenvalue weighted by molar-refractivity contribution is 6.31. The molecule has 0 N–H and O–H groups in total. The van der Waals surface area contributed by atoms with E-state index in [1.165, 1.54) is 0 Å². The van der Waals surface area contributed by atoms with Gasteiger partial charge in [-0.15, -0.1) is 11.6 Å². The Hall–Kier alpha value is -1.58. The molecular formula is C14H12Cl2N2O. The van der Waals surface area contributed by atoms with E-state index in [2.05, 4.69) is 4.98 Å². The van der Waals surface area contributed by atoms with Crippen LogP contribution < -0.4 is 4.90 Å². The fourth-order valence-corrected chi connectivity index (χ4v) is 1.96. The molecule has 0 saturated carbocycles. The molecule has 1 aromatic heterocycles. The van der Waals surface area contributed by atoms with Crippen molar-refractivity contribution in [1.82, 2.24) is 4.98 Å². The molecule has 1 aromatic carbocycles. The quantitative estimate of drug-likeness (QED) is 0.809.